The standard InChI is InChI=1S/C18H27NO3/c1-13(2)10-15-12-19(9-8-18(15,3)22)17(21)11-14-4-6-16(20)7-5-14/h4-7,13,15,20,22H,8-12H2,1-3H3/t15-,18+/m0/s1. The van der Waals surface area contributed by atoms with E-state index in [4.69, 9.17) is 0 Å². The maximum Gasteiger partial charge on any atom is 0.227 e. The van der Waals surface area contributed by atoms with Gasteiger partial charge in [-0.3, -0.25) is 4.79 Å². The molecule has 1 aliphatic heterocycles. The van der Waals surface area contributed by atoms with Gasteiger partial charge in [0.25, 0.3) is 0 Å². The topological polar surface area (TPSA) is 60.8 Å². The Bertz CT molecular complexity index is 508. The lowest BCUT2D eigenvalue weighted by atomic mass is 9.78. The molecule has 0 aromatic heterocycles. The first-order chi connectivity index (χ1) is 10.3. The van der Waals surface area contributed by atoms with Crippen LogP contribution in [0.25, 0.3) is 0 Å². The first kappa shape index (κ1) is 16.8. The average Bonchev–Trinajstić information content (AvgIpc) is 2.43. The molecule has 1 amide bonds. The number of amides is 1. The first-order valence-corrected chi connectivity index (χ1v) is 8.06. The third-order valence-electron chi connectivity index (χ3n) is 4.61. The average molecular weight is 305 g/mol. The second kappa shape index (κ2) is 6.69. The summed E-state index contributed by atoms with van der Waals surface area (Å²) in [7, 11) is 0. The molecule has 1 aromatic carbocycles. The number of phenolic OH excluding ortho intramolecular Hbond substituents is 1. The predicted octanol–water partition coefficient (Wildman–Crippen LogP) is 2.58. The molecule has 0 unspecified atom stereocenters. The fourth-order valence-corrected chi connectivity index (χ4v) is 3.14. The fourth-order valence-electron chi connectivity index (χ4n) is 3.14. The third-order valence-corrected chi connectivity index (χ3v) is 4.61. The van der Waals surface area contributed by atoms with Crippen molar-refractivity contribution in [3.8, 4) is 5.75 Å². The summed E-state index contributed by atoms with van der Waals surface area (Å²) in [6.07, 6.45) is 1.90. The number of carbonyl (C=O) groups is 1. The van der Waals surface area contributed by atoms with Crippen LogP contribution in [-0.2, 0) is 11.2 Å². The quantitative estimate of drug-likeness (QED) is 0.899. The highest BCUT2D eigenvalue weighted by Gasteiger charge is 2.38. The molecule has 0 aliphatic carbocycles. The minimum atomic E-state index is -0.681. The fraction of sp³-hybridized carbons (Fsp3) is 0.611. The molecule has 122 valence electrons. The summed E-state index contributed by atoms with van der Waals surface area (Å²) in [4.78, 5) is 14.3. The monoisotopic (exact) mass is 305 g/mol. The van der Waals surface area contributed by atoms with E-state index in [1.807, 2.05) is 11.8 Å². The molecule has 1 heterocycles. The molecule has 22 heavy (non-hydrogen) atoms. The Morgan fingerprint density at radius 2 is 2.00 bits per heavy atom. The smallest absolute Gasteiger partial charge is 0.227 e. The molecule has 1 aromatic rings. The van der Waals surface area contributed by atoms with Gasteiger partial charge < -0.3 is 15.1 Å². The lowest BCUT2D eigenvalue weighted by Crippen LogP contribution is -2.52. The van der Waals surface area contributed by atoms with Crippen LogP contribution in [-0.4, -0.2) is 39.7 Å². The first-order valence-electron chi connectivity index (χ1n) is 8.06. The number of rotatable bonds is 4. The molecule has 1 saturated heterocycles. The number of carbonyl (C=O) groups excluding carboxylic acids is 1. The van der Waals surface area contributed by atoms with Crippen molar-refractivity contribution in [3.05, 3.63) is 29.8 Å². The molecule has 2 rings (SSSR count). The van der Waals surface area contributed by atoms with Gasteiger partial charge in [0.05, 0.1) is 12.0 Å². The number of phenols is 1. The van der Waals surface area contributed by atoms with Gasteiger partial charge in [-0.1, -0.05) is 26.0 Å². The number of hydrogen-bond donors (Lipinski definition) is 2. The van der Waals surface area contributed by atoms with E-state index in [0.717, 1.165) is 12.0 Å². The molecule has 4 nitrogen and oxygen atoms in total. The van der Waals surface area contributed by atoms with Crippen molar-refractivity contribution in [2.75, 3.05) is 13.1 Å². The molecule has 2 atom stereocenters. The molecule has 1 aliphatic rings. The number of aromatic hydroxyl groups is 1. The highest BCUT2D eigenvalue weighted by Crippen LogP contribution is 2.32. The third kappa shape index (κ3) is 4.23. The van der Waals surface area contributed by atoms with Gasteiger partial charge in [0.15, 0.2) is 0 Å². The number of piperidine rings is 1. The van der Waals surface area contributed by atoms with Crippen molar-refractivity contribution < 1.29 is 15.0 Å². The Morgan fingerprint density at radius 3 is 2.59 bits per heavy atom. The lowest BCUT2D eigenvalue weighted by molar-refractivity contribution is -0.138. The molecular formula is C18H27NO3. The van der Waals surface area contributed by atoms with Crippen LogP contribution >= 0.6 is 0 Å². The summed E-state index contributed by atoms with van der Waals surface area (Å²) < 4.78 is 0. The van der Waals surface area contributed by atoms with Crippen LogP contribution in [0.2, 0.25) is 0 Å². The van der Waals surface area contributed by atoms with Crippen molar-refractivity contribution in [1.82, 2.24) is 4.90 Å². The Hall–Kier alpha value is -1.55. The van der Waals surface area contributed by atoms with Crippen molar-refractivity contribution in [2.45, 2.75) is 45.6 Å². The van der Waals surface area contributed by atoms with Crippen LogP contribution in [0, 0.1) is 11.8 Å². The van der Waals surface area contributed by atoms with Crippen LogP contribution in [0.15, 0.2) is 24.3 Å². The maximum atomic E-state index is 12.5. The zero-order valence-electron chi connectivity index (χ0n) is 13.7. The van der Waals surface area contributed by atoms with Crippen LogP contribution in [0.1, 0.15) is 39.2 Å². The highest BCUT2D eigenvalue weighted by atomic mass is 16.3. The number of hydrogen-bond acceptors (Lipinski definition) is 3. The normalized spacial score (nSPS) is 25.5. The summed E-state index contributed by atoms with van der Waals surface area (Å²) in [6.45, 7) is 7.42. The van der Waals surface area contributed by atoms with E-state index in [9.17, 15) is 15.0 Å². The van der Waals surface area contributed by atoms with Crippen molar-refractivity contribution in [2.24, 2.45) is 11.8 Å². The molecule has 2 N–H and O–H groups in total. The summed E-state index contributed by atoms with van der Waals surface area (Å²) in [6, 6.07) is 6.76. The van der Waals surface area contributed by atoms with Crippen molar-refractivity contribution in [3.63, 3.8) is 0 Å². The van der Waals surface area contributed by atoms with Crippen LogP contribution < -0.4 is 0 Å². The van der Waals surface area contributed by atoms with Gasteiger partial charge in [-0.15, -0.1) is 0 Å². The number of likely N-dealkylation sites (tertiary alicyclic amines) is 1. The van der Waals surface area contributed by atoms with E-state index in [1.54, 1.807) is 24.3 Å². The SMILES string of the molecule is CC(C)C[C@H]1CN(C(=O)Cc2ccc(O)cc2)CC[C@@]1(C)O. The second-order valence-corrected chi connectivity index (χ2v) is 7.12. The Labute approximate surface area is 132 Å². The van der Waals surface area contributed by atoms with Gasteiger partial charge in [0.2, 0.25) is 5.91 Å². The number of nitrogens with zero attached hydrogens (tertiary/aromatic N) is 1. The van der Waals surface area contributed by atoms with Gasteiger partial charge in [-0.2, -0.15) is 0 Å². The molecule has 0 saturated carbocycles. The Balaban J connectivity index is 1.99. The minimum absolute atomic E-state index is 0.0925. The van der Waals surface area contributed by atoms with Crippen LogP contribution in [0.4, 0.5) is 0 Å². The van der Waals surface area contributed by atoms with Crippen molar-refractivity contribution >= 4 is 5.91 Å². The van der Waals surface area contributed by atoms with Crippen LogP contribution in [0.3, 0.4) is 0 Å². The van der Waals surface area contributed by atoms with E-state index in [-0.39, 0.29) is 17.6 Å². The second-order valence-electron chi connectivity index (χ2n) is 7.12. The van der Waals surface area contributed by atoms with E-state index >= 15 is 0 Å². The summed E-state index contributed by atoms with van der Waals surface area (Å²) in [5.41, 5.74) is 0.222. The zero-order valence-corrected chi connectivity index (χ0v) is 13.7. The molecule has 1 fully saturated rings. The van der Waals surface area contributed by atoms with Gasteiger partial charge >= 0.3 is 0 Å². The largest absolute Gasteiger partial charge is 0.508 e. The molecule has 0 spiro atoms. The number of benzene rings is 1. The minimum Gasteiger partial charge on any atom is -0.508 e. The summed E-state index contributed by atoms with van der Waals surface area (Å²) >= 11 is 0. The van der Waals surface area contributed by atoms with E-state index in [2.05, 4.69) is 13.8 Å². The Morgan fingerprint density at radius 1 is 1.36 bits per heavy atom. The molecule has 0 radical (unpaired) electrons. The van der Waals surface area contributed by atoms with Crippen molar-refractivity contribution in [1.29, 1.82) is 0 Å². The lowest BCUT2D eigenvalue weighted by Gasteiger charge is -2.43. The predicted molar refractivity (Wildman–Crippen MR) is 86.6 cm³/mol. The zero-order chi connectivity index (χ0) is 16.3. The number of aliphatic hydroxyl groups is 1. The summed E-state index contributed by atoms with van der Waals surface area (Å²) in [5, 5.41) is 19.8. The highest BCUT2D eigenvalue weighted by molar-refractivity contribution is 5.79. The van der Waals surface area contributed by atoms with E-state index in [0.29, 0.717) is 31.8 Å². The Kier molecular flexibility index (Phi) is 5.12. The van der Waals surface area contributed by atoms with E-state index < -0.39 is 5.60 Å². The van der Waals surface area contributed by atoms with Gasteiger partial charge in [-0.25, -0.2) is 0 Å². The van der Waals surface area contributed by atoms with Gasteiger partial charge in [0, 0.05) is 19.0 Å². The van der Waals surface area contributed by atoms with E-state index in [1.165, 1.54) is 0 Å². The molecular weight excluding hydrogens is 278 g/mol. The van der Waals surface area contributed by atoms with Gasteiger partial charge in [-0.05, 0) is 43.4 Å². The van der Waals surface area contributed by atoms with Gasteiger partial charge in [0.1, 0.15) is 5.75 Å². The van der Waals surface area contributed by atoms with Crippen LogP contribution in [0.5, 0.6) is 5.75 Å². The maximum absolute atomic E-state index is 12.5. The molecule has 0 bridgehead atoms. The summed E-state index contributed by atoms with van der Waals surface area (Å²) in [5.74, 6) is 0.936. The molecule has 4 heteroatoms.